The quantitative estimate of drug-likeness (QED) is 0.745. The van der Waals surface area contributed by atoms with Crippen LogP contribution in [0.25, 0.3) is 11.3 Å². The maximum Gasteiger partial charge on any atom is 0.269 e. The minimum absolute atomic E-state index is 0.184. The molecule has 0 atom stereocenters. The molecule has 0 aromatic carbocycles. The van der Waals surface area contributed by atoms with Crippen LogP contribution in [0.1, 0.15) is 16.2 Å². The van der Waals surface area contributed by atoms with Crippen LogP contribution in [-0.2, 0) is 6.54 Å². The van der Waals surface area contributed by atoms with Gasteiger partial charge in [0.15, 0.2) is 0 Å². The van der Waals surface area contributed by atoms with Gasteiger partial charge in [-0.05, 0) is 31.2 Å². The molecule has 0 unspecified atom stereocenters. The van der Waals surface area contributed by atoms with Crippen LogP contribution in [0.3, 0.4) is 0 Å². The van der Waals surface area contributed by atoms with Gasteiger partial charge < -0.3 is 5.32 Å². The number of hydrogen-bond acceptors (Lipinski definition) is 4. The molecule has 0 aliphatic carbocycles. The molecule has 3 rings (SSSR count). The first-order valence-corrected chi connectivity index (χ1v) is 6.96. The Bertz CT molecular complexity index is 761. The van der Waals surface area contributed by atoms with Crippen LogP contribution in [0.5, 0.6) is 0 Å². The minimum Gasteiger partial charge on any atom is -0.349 e. The van der Waals surface area contributed by atoms with E-state index in [0.717, 1.165) is 17.0 Å². The lowest BCUT2D eigenvalue weighted by Crippen LogP contribution is -2.27. The highest BCUT2D eigenvalue weighted by Crippen LogP contribution is 2.15. The van der Waals surface area contributed by atoms with Gasteiger partial charge in [0.2, 0.25) is 0 Å². The van der Waals surface area contributed by atoms with Crippen LogP contribution in [0.4, 0.5) is 0 Å². The Kier molecular flexibility index (Phi) is 3.95. The number of aromatic nitrogens is 5. The van der Waals surface area contributed by atoms with Crippen LogP contribution in [0.15, 0.2) is 42.9 Å². The Balaban J connectivity index is 1.58. The van der Waals surface area contributed by atoms with Gasteiger partial charge in [0, 0.05) is 30.7 Å². The Morgan fingerprint density at radius 2 is 2.14 bits per heavy atom. The fourth-order valence-electron chi connectivity index (χ4n) is 2.08. The molecule has 0 spiro atoms. The van der Waals surface area contributed by atoms with Gasteiger partial charge in [-0.25, -0.2) is 0 Å². The molecule has 7 heteroatoms. The van der Waals surface area contributed by atoms with E-state index >= 15 is 0 Å². The van der Waals surface area contributed by atoms with Gasteiger partial charge >= 0.3 is 0 Å². The van der Waals surface area contributed by atoms with Crippen LogP contribution < -0.4 is 5.32 Å². The zero-order valence-electron chi connectivity index (χ0n) is 12.2. The maximum absolute atomic E-state index is 12.1. The molecule has 3 aromatic heterocycles. The van der Waals surface area contributed by atoms with Crippen molar-refractivity contribution < 1.29 is 4.79 Å². The van der Waals surface area contributed by atoms with Crippen LogP contribution in [-0.4, -0.2) is 37.4 Å². The molecule has 0 radical (unpaired) electrons. The fraction of sp³-hybridized carbons (Fsp3) is 0.200. The number of aryl methyl sites for hydroxylation is 1. The zero-order chi connectivity index (χ0) is 15.4. The molecule has 0 saturated carbocycles. The van der Waals surface area contributed by atoms with Gasteiger partial charge in [-0.3, -0.25) is 19.6 Å². The first-order valence-electron chi connectivity index (χ1n) is 6.96. The van der Waals surface area contributed by atoms with Crippen molar-refractivity contribution in [2.24, 2.45) is 0 Å². The molecule has 112 valence electrons. The van der Waals surface area contributed by atoms with Crippen LogP contribution in [0, 0.1) is 6.92 Å². The third-order valence-corrected chi connectivity index (χ3v) is 3.20. The number of hydrogen-bond donors (Lipinski definition) is 2. The second-order valence-electron chi connectivity index (χ2n) is 4.88. The van der Waals surface area contributed by atoms with Crippen molar-refractivity contribution in [3.8, 4) is 11.3 Å². The van der Waals surface area contributed by atoms with Crippen LogP contribution >= 0.6 is 0 Å². The van der Waals surface area contributed by atoms with E-state index in [1.54, 1.807) is 23.1 Å². The summed E-state index contributed by atoms with van der Waals surface area (Å²) in [5, 5.41) is 14.0. The normalized spacial score (nSPS) is 10.6. The van der Waals surface area contributed by atoms with E-state index in [1.807, 2.05) is 31.3 Å². The SMILES string of the molecule is Cc1ccn(CCNC(=O)c2cc(-c3ccncc3)n[nH]2)n1. The number of aromatic amines is 1. The molecular formula is C15H16N6O. The molecule has 7 nitrogen and oxygen atoms in total. The molecule has 22 heavy (non-hydrogen) atoms. The molecule has 3 heterocycles. The first kappa shape index (κ1) is 14.0. The summed E-state index contributed by atoms with van der Waals surface area (Å²) >= 11 is 0. The minimum atomic E-state index is -0.184. The summed E-state index contributed by atoms with van der Waals surface area (Å²) in [6.45, 7) is 3.06. The number of carbonyl (C=O) groups is 1. The second kappa shape index (κ2) is 6.21. The summed E-state index contributed by atoms with van der Waals surface area (Å²) in [7, 11) is 0. The molecular weight excluding hydrogens is 280 g/mol. The number of carbonyl (C=O) groups excluding carboxylic acids is 1. The number of nitrogens with one attached hydrogen (secondary N) is 2. The third kappa shape index (κ3) is 3.20. The summed E-state index contributed by atoms with van der Waals surface area (Å²) in [5.41, 5.74) is 3.03. The molecule has 0 aliphatic rings. The van der Waals surface area contributed by atoms with Crippen molar-refractivity contribution in [2.75, 3.05) is 6.54 Å². The molecule has 3 aromatic rings. The Morgan fingerprint density at radius 1 is 1.32 bits per heavy atom. The number of rotatable bonds is 5. The summed E-state index contributed by atoms with van der Waals surface area (Å²) in [6, 6.07) is 7.34. The number of pyridine rings is 1. The lowest BCUT2D eigenvalue weighted by atomic mass is 10.2. The lowest BCUT2D eigenvalue weighted by molar-refractivity contribution is 0.0947. The van der Waals surface area contributed by atoms with Gasteiger partial charge in [0.25, 0.3) is 5.91 Å². The van der Waals surface area contributed by atoms with E-state index < -0.39 is 0 Å². The molecule has 0 fully saturated rings. The average Bonchev–Trinajstić information content (AvgIpc) is 3.17. The highest BCUT2D eigenvalue weighted by atomic mass is 16.1. The average molecular weight is 296 g/mol. The molecule has 1 amide bonds. The third-order valence-electron chi connectivity index (χ3n) is 3.20. The lowest BCUT2D eigenvalue weighted by Gasteiger charge is -2.03. The van der Waals surface area contributed by atoms with Crippen LogP contribution in [0.2, 0.25) is 0 Å². The second-order valence-corrected chi connectivity index (χ2v) is 4.88. The summed E-state index contributed by atoms with van der Waals surface area (Å²) in [6.07, 6.45) is 5.27. The Hall–Kier alpha value is -2.96. The Labute approximate surface area is 127 Å². The van der Waals surface area contributed by atoms with Crippen molar-refractivity contribution in [3.63, 3.8) is 0 Å². The number of H-pyrrole nitrogens is 1. The smallest absolute Gasteiger partial charge is 0.269 e. The van der Waals surface area contributed by atoms with E-state index in [-0.39, 0.29) is 5.91 Å². The number of nitrogens with zero attached hydrogens (tertiary/aromatic N) is 4. The maximum atomic E-state index is 12.1. The van der Waals surface area contributed by atoms with E-state index in [9.17, 15) is 4.79 Å². The van der Waals surface area contributed by atoms with Crippen molar-refractivity contribution >= 4 is 5.91 Å². The van der Waals surface area contributed by atoms with E-state index in [4.69, 9.17) is 0 Å². The van der Waals surface area contributed by atoms with E-state index in [1.165, 1.54) is 0 Å². The first-order chi connectivity index (χ1) is 10.7. The van der Waals surface area contributed by atoms with Gasteiger partial charge in [0.05, 0.1) is 17.9 Å². The monoisotopic (exact) mass is 296 g/mol. The standard InChI is InChI=1S/C15H16N6O/c1-11-4-8-21(20-11)9-7-17-15(22)14-10-13(18-19-14)12-2-5-16-6-3-12/h2-6,8,10H,7,9H2,1H3,(H,17,22)(H,18,19). The molecule has 0 bridgehead atoms. The van der Waals surface area contributed by atoms with Crippen molar-refractivity contribution in [1.29, 1.82) is 0 Å². The van der Waals surface area contributed by atoms with Crippen molar-refractivity contribution in [1.82, 2.24) is 30.3 Å². The summed E-state index contributed by atoms with van der Waals surface area (Å²) < 4.78 is 1.80. The van der Waals surface area contributed by atoms with Crippen molar-refractivity contribution in [3.05, 3.63) is 54.2 Å². The zero-order valence-corrected chi connectivity index (χ0v) is 12.2. The van der Waals surface area contributed by atoms with E-state index in [2.05, 4.69) is 25.6 Å². The molecule has 0 saturated heterocycles. The molecule has 0 aliphatic heterocycles. The number of amides is 1. The topological polar surface area (TPSA) is 88.5 Å². The summed E-state index contributed by atoms with van der Waals surface area (Å²) in [5.74, 6) is -0.184. The highest BCUT2D eigenvalue weighted by molar-refractivity contribution is 5.93. The van der Waals surface area contributed by atoms with Gasteiger partial charge in [0.1, 0.15) is 5.69 Å². The predicted octanol–water partition coefficient (Wildman–Crippen LogP) is 1.41. The Morgan fingerprint density at radius 3 is 2.86 bits per heavy atom. The van der Waals surface area contributed by atoms with Gasteiger partial charge in [-0.2, -0.15) is 10.2 Å². The van der Waals surface area contributed by atoms with E-state index in [0.29, 0.717) is 18.8 Å². The molecule has 2 N–H and O–H groups in total. The highest BCUT2D eigenvalue weighted by Gasteiger charge is 2.10. The van der Waals surface area contributed by atoms with Gasteiger partial charge in [-0.1, -0.05) is 0 Å². The predicted molar refractivity (Wildman–Crippen MR) is 81.1 cm³/mol. The summed E-state index contributed by atoms with van der Waals surface area (Å²) in [4.78, 5) is 16.0. The van der Waals surface area contributed by atoms with Gasteiger partial charge in [-0.15, -0.1) is 0 Å². The fourth-order valence-corrected chi connectivity index (χ4v) is 2.08. The van der Waals surface area contributed by atoms with Crippen molar-refractivity contribution in [2.45, 2.75) is 13.5 Å². The largest absolute Gasteiger partial charge is 0.349 e.